The van der Waals surface area contributed by atoms with Crippen LogP contribution in [0.3, 0.4) is 0 Å². The second-order valence-electron chi connectivity index (χ2n) is 2.73. The van der Waals surface area contributed by atoms with Crippen molar-refractivity contribution in [3.8, 4) is 0 Å². The molecular weight excluding hydrogens is 204 g/mol. The van der Waals surface area contributed by atoms with E-state index in [1.165, 1.54) is 30.8 Å². The van der Waals surface area contributed by atoms with Gasteiger partial charge in [0.05, 0.1) is 13.2 Å². The molecule has 0 saturated heterocycles. The molecule has 0 aromatic carbocycles. The Labute approximate surface area is 89.5 Å². The monoisotopic (exact) mass is 224 g/mol. The average molecular weight is 224 g/mol. The molecule has 0 aromatic heterocycles. The van der Waals surface area contributed by atoms with Gasteiger partial charge in [-0.1, -0.05) is 6.42 Å². The van der Waals surface area contributed by atoms with Gasteiger partial charge in [0.15, 0.2) is 0 Å². The molecule has 0 atom stereocenters. The van der Waals surface area contributed by atoms with E-state index >= 15 is 0 Å². The summed E-state index contributed by atoms with van der Waals surface area (Å²) in [5.74, 6) is 4.09. The molecule has 0 aromatic rings. The van der Waals surface area contributed by atoms with E-state index in [2.05, 4.69) is 0 Å². The van der Waals surface area contributed by atoms with Crippen LogP contribution in [0.1, 0.15) is 19.3 Å². The minimum atomic E-state index is 0.303. The lowest BCUT2D eigenvalue weighted by atomic mass is 10.3. The first-order valence-corrected chi connectivity index (χ1v) is 7.10. The molecule has 80 valence electrons. The van der Waals surface area contributed by atoms with E-state index < -0.39 is 0 Å². The summed E-state index contributed by atoms with van der Waals surface area (Å²) >= 11 is 3.65. The van der Waals surface area contributed by atoms with Crippen LogP contribution >= 0.6 is 23.5 Å². The Hall–Kier alpha value is 0.620. The molecular formula is C9H20O2S2. The molecule has 2 N–H and O–H groups in total. The Bertz CT molecular complexity index is 81.7. The van der Waals surface area contributed by atoms with Gasteiger partial charge in [-0.2, -0.15) is 23.5 Å². The zero-order valence-corrected chi connectivity index (χ0v) is 9.71. The molecule has 4 heteroatoms. The van der Waals surface area contributed by atoms with Crippen LogP contribution < -0.4 is 0 Å². The molecule has 0 saturated carbocycles. The van der Waals surface area contributed by atoms with Crippen LogP contribution in [0.2, 0.25) is 0 Å². The first-order chi connectivity index (χ1) is 6.41. The molecule has 0 aliphatic rings. The van der Waals surface area contributed by atoms with Crippen molar-refractivity contribution >= 4 is 23.5 Å². The molecule has 0 rings (SSSR count). The van der Waals surface area contributed by atoms with E-state index in [1.54, 1.807) is 0 Å². The van der Waals surface area contributed by atoms with Crippen molar-refractivity contribution in [3.63, 3.8) is 0 Å². The van der Waals surface area contributed by atoms with E-state index in [0.717, 1.165) is 11.5 Å². The van der Waals surface area contributed by atoms with Crippen LogP contribution in [-0.4, -0.2) is 46.4 Å². The van der Waals surface area contributed by atoms with Gasteiger partial charge in [0, 0.05) is 11.5 Å². The number of aliphatic hydroxyl groups excluding tert-OH is 2. The summed E-state index contributed by atoms with van der Waals surface area (Å²) in [5.41, 5.74) is 0. The Morgan fingerprint density at radius 2 is 1.08 bits per heavy atom. The van der Waals surface area contributed by atoms with Crippen molar-refractivity contribution in [2.75, 3.05) is 36.2 Å². The van der Waals surface area contributed by atoms with Crippen molar-refractivity contribution < 1.29 is 10.2 Å². The highest BCUT2D eigenvalue weighted by Gasteiger charge is 1.91. The molecule has 2 nitrogen and oxygen atoms in total. The van der Waals surface area contributed by atoms with Gasteiger partial charge in [-0.05, 0) is 24.3 Å². The molecule has 0 spiro atoms. The third kappa shape index (κ3) is 12.6. The number of aliphatic hydroxyl groups is 2. The predicted molar refractivity (Wildman–Crippen MR) is 62.7 cm³/mol. The van der Waals surface area contributed by atoms with Crippen molar-refractivity contribution in [2.45, 2.75) is 19.3 Å². The standard InChI is InChI=1S/C9H20O2S2/c10-4-8-12-6-2-1-3-7-13-9-5-11/h10-11H,1-9H2. The minimum Gasteiger partial charge on any atom is -0.396 e. The van der Waals surface area contributed by atoms with Gasteiger partial charge in [0.2, 0.25) is 0 Å². The normalized spacial score (nSPS) is 10.6. The summed E-state index contributed by atoms with van der Waals surface area (Å²) in [6.45, 7) is 0.605. The van der Waals surface area contributed by atoms with Crippen LogP contribution in [-0.2, 0) is 0 Å². The van der Waals surface area contributed by atoms with Crippen molar-refractivity contribution in [3.05, 3.63) is 0 Å². The van der Waals surface area contributed by atoms with E-state index in [9.17, 15) is 0 Å². The molecule has 0 aliphatic heterocycles. The summed E-state index contributed by atoms with van der Waals surface area (Å²) in [5, 5.41) is 17.0. The molecule has 0 amide bonds. The number of hydrogen-bond acceptors (Lipinski definition) is 4. The smallest absolute Gasteiger partial charge is 0.0521 e. The highest BCUT2D eigenvalue weighted by molar-refractivity contribution is 7.99. The summed E-state index contributed by atoms with van der Waals surface area (Å²) in [7, 11) is 0. The molecule has 0 fully saturated rings. The Kier molecular flexibility index (Phi) is 13.2. The summed E-state index contributed by atoms with van der Waals surface area (Å²) < 4.78 is 0. The van der Waals surface area contributed by atoms with Gasteiger partial charge in [0.25, 0.3) is 0 Å². The van der Waals surface area contributed by atoms with E-state index in [0.29, 0.717) is 13.2 Å². The van der Waals surface area contributed by atoms with Gasteiger partial charge < -0.3 is 10.2 Å². The van der Waals surface area contributed by atoms with Crippen LogP contribution in [0.4, 0.5) is 0 Å². The van der Waals surface area contributed by atoms with Gasteiger partial charge >= 0.3 is 0 Å². The van der Waals surface area contributed by atoms with Crippen LogP contribution in [0.5, 0.6) is 0 Å². The number of thioether (sulfide) groups is 2. The third-order valence-electron chi connectivity index (χ3n) is 1.55. The molecule has 0 bridgehead atoms. The maximum atomic E-state index is 8.52. The van der Waals surface area contributed by atoms with Gasteiger partial charge in [-0.25, -0.2) is 0 Å². The quantitative estimate of drug-likeness (QED) is 0.553. The van der Waals surface area contributed by atoms with E-state index in [4.69, 9.17) is 10.2 Å². The average Bonchev–Trinajstić information content (AvgIpc) is 2.16. The zero-order chi connectivity index (χ0) is 9.78. The van der Waals surface area contributed by atoms with Gasteiger partial charge in [-0.3, -0.25) is 0 Å². The number of unbranched alkanes of at least 4 members (excludes halogenated alkanes) is 2. The number of rotatable bonds is 10. The van der Waals surface area contributed by atoms with E-state index in [1.807, 2.05) is 23.5 Å². The highest BCUT2D eigenvalue weighted by Crippen LogP contribution is 2.09. The maximum Gasteiger partial charge on any atom is 0.0521 e. The molecule has 0 unspecified atom stereocenters. The van der Waals surface area contributed by atoms with Gasteiger partial charge in [-0.15, -0.1) is 0 Å². The fraction of sp³-hybridized carbons (Fsp3) is 1.00. The summed E-state index contributed by atoms with van der Waals surface area (Å²) in [6.07, 6.45) is 3.78. The van der Waals surface area contributed by atoms with Crippen molar-refractivity contribution in [1.82, 2.24) is 0 Å². The first-order valence-electron chi connectivity index (χ1n) is 4.79. The van der Waals surface area contributed by atoms with Crippen LogP contribution in [0.15, 0.2) is 0 Å². The minimum absolute atomic E-state index is 0.303. The topological polar surface area (TPSA) is 40.5 Å². The Balaban J connectivity index is 2.76. The Morgan fingerprint density at radius 1 is 0.615 bits per heavy atom. The molecule has 0 aliphatic carbocycles. The summed E-state index contributed by atoms with van der Waals surface area (Å²) in [6, 6.07) is 0. The van der Waals surface area contributed by atoms with Crippen molar-refractivity contribution in [2.24, 2.45) is 0 Å². The first kappa shape index (κ1) is 13.6. The second-order valence-corrected chi connectivity index (χ2v) is 5.18. The molecule has 13 heavy (non-hydrogen) atoms. The number of hydrogen-bond donors (Lipinski definition) is 2. The Morgan fingerprint density at radius 3 is 1.46 bits per heavy atom. The lowest BCUT2D eigenvalue weighted by Gasteiger charge is -2.00. The SMILES string of the molecule is OCCSCCCCCSCCO. The molecule has 0 radical (unpaired) electrons. The highest BCUT2D eigenvalue weighted by atomic mass is 32.2. The largest absolute Gasteiger partial charge is 0.396 e. The zero-order valence-electron chi connectivity index (χ0n) is 8.07. The maximum absolute atomic E-state index is 8.52. The lowest BCUT2D eigenvalue weighted by molar-refractivity contribution is 0.322. The third-order valence-corrected chi connectivity index (χ3v) is 3.65. The summed E-state index contributed by atoms with van der Waals surface area (Å²) in [4.78, 5) is 0. The second kappa shape index (κ2) is 12.6. The van der Waals surface area contributed by atoms with Crippen molar-refractivity contribution in [1.29, 1.82) is 0 Å². The van der Waals surface area contributed by atoms with Crippen LogP contribution in [0, 0.1) is 0 Å². The predicted octanol–water partition coefficient (Wildman–Crippen LogP) is 1.61. The fourth-order valence-electron chi connectivity index (χ4n) is 0.918. The van der Waals surface area contributed by atoms with E-state index in [-0.39, 0.29) is 0 Å². The van der Waals surface area contributed by atoms with Crippen LogP contribution in [0.25, 0.3) is 0 Å². The fourth-order valence-corrected chi connectivity index (χ4v) is 2.40. The lowest BCUT2D eigenvalue weighted by Crippen LogP contribution is -1.91. The van der Waals surface area contributed by atoms with Gasteiger partial charge in [0.1, 0.15) is 0 Å². The molecule has 0 heterocycles.